The van der Waals surface area contributed by atoms with Crippen LogP contribution in [0.25, 0.3) is 0 Å². The smallest absolute Gasteiger partial charge is 0.0436 e. The lowest BCUT2D eigenvalue weighted by molar-refractivity contribution is 0.659. The van der Waals surface area contributed by atoms with Crippen LogP contribution in [0.15, 0.2) is 11.6 Å². The summed E-state index contributed by atoms with van der Waals surface area (Å²) in [5.41, 5.74) is 1.52. The van der Waals surface area contributed by atoms with Gasteiger partial charge >= 0.3 is 0 Å². The summed E-state index contributed by atoms with van der Waals surface area (Å²) in [6.07, 6.45) is 6.62. The van der Waals surface area contributed by atoms with E-state index in [9.17, 15) is 0 Å². The predicted molar refractivity (Wildman–Crippen MR) is 39.6 cm³/mol. The van der Waals surface area contributed by atoms with E-state index >= 15 is 0 Å². The largest absolute Gasteiger partial charge is 0.122 e. The van der Waals surface area contributed by atoms with E-state index in [1.54, 1.807) is 0 Å². The second-order valence-corrected chi connectivity index (χ2v) is 3.41. The number of rotatable bonds is 1. The molecule has 1 saturated carbocycles. The first-order valence-corrected chi connectivity index (χ1v) is 4.20. The first-order chi connectivity index (χ1) is 4.40. The molecule has 0 spiro atoms. The second-order valence-electron chi connectivity index (χ2n) is 3.15. The summed E-state index contributed by atoms with van der Waals surface area (Å²) in [4.78, 5) is 0. The monoisotopic (exact) mass is 142 g/mol. The highest BCUT2D eigenvalue weighted by Gasteiger charge is 2.31. The topological polar surface area (TPSA) is 0 Å². The van der Waals surface area contributed by atoms with Crippen molar-refractivity contribution in [3.63, 3.8) is 0 Å². The van der Waals surface area contributed by atoms with Crippen LogP contribution < -0.4 is 0 Å². The Labute approximate surface area is 60.9 Å². The molecule has 2 unspecified atom stereocenters. The molecular weight excluding hydrogens is 132 g/mol. The van der Waals surface area contributed by atoms with Gasteiger partial charge in [-0.25, -0.2) is 0 Å². The standard InChI is InChI=1S/C8H11Cl/c9-5-8-4-6-1-2-7(8)3-6/h4,6-7H,1-3,5H2. The summed E-state index contributed by atoms with van der Waals surface area (Å²) >= 11 is 5.73. The average molecular weight is 143 g/mol. The molecule has 0 radical (unpaired) electrons. The lowest BCUT2D eigenvalue weighted by atomic mass is 10.0. The Bertz CT molecular complexity index is 149. The quantitative estimate of drug-likeness (QED) is 0.390. The van der Waals surface area contributed by atoms with Crippen molar-refractivity contribution in [3.8, 4) is 0 Å². The molecule has 0 amide bonds. The fourth-order valence-corrected chi connectivity index (χ4v) is 2.40. The molecule has 1 fully saturated rings. The zero-order chi connectivity index (χ0) is 6.27. The van der Waals surface area contributed by atoms with Crippen molar-refractivity contribution >= 4 is 11.6 Å². The zero-order valence-corrected chi connectivity index (χ0v) is 6.19. The SMILES string of the molecule is ClCC1=CC2CCC1C2. The van der Waals surface area contributed by atoms with Crippen LogP contribution in [0.4, 0.5) is 0 Å². The molecule has 0 aromatic heterocycles. The molecule has 0 saturated heterocycles. The highest BCUT2D eigenvalue weighted by atomic mass is 35.5. The molecule has 0 aromatic rings. The van der Waals surface area contributed by atoms with Crippen LogP contribution in [0.5, 0.6) is 0 Å². The van der Waals surface area contributed by atoms with Gasteiger partial charge in [-0.2, -0.15) is 0 Å². The first kappa shape index (κ1) is 5.79. The molecule has 2 atom stereocenters. The normalized spacial score (nSPS) is 39.4. The van der Waals surface area contributed by atoms with Gasteiger partial charge in [-0.05, 0) is 31.1 Å². The Kier molecular flexibility index (Phi) is 1.30. The van der Waals surface area contributed by atoms with Crippen molar-refractivity contribution in [2.75, 3.05) is 5.88 Å². The van der Waals surface area contributed by atoms with Gasteiger partial charge in [-0.1, -0.05) is 11.6 Å². The molecule has 2 rings (SSSR count). The van der Waals surface area contributed by atoms with Crippen LogP contribution in [0, 0.1) is 11.8 Å². The molecule has 1 heteroatoms. The van der Waals surface area contributed by atoms with Gasteiger partial charge in [0.2, 0.25) is 0 Å². The molecular formula is C8H11Cl. The van der Waals surface area contributed by atoms with Gasteiger partial charge in [0.15, 0.2) is 0 Å². The molecule has 9 heavy (non-hydrogen) atoms. The van der Waals surface area contributed by atoms with Crippen molar-refractivity contribution in [1.29, 1.82) is 0 Å². The third kappa shape index (κ3) is 0.806. The number of fused-ring (bicyclic) bond motifs is 2. The van der Waals surface area contributed by atoms with Crippen molar-refractivity contribution < 1.29 is 0 Å². The minimum atomic E-state index is 0.779. The van der Waals surface area contributed by atoms with E-state index in [1.165, 1.54) is 24.8 Å². The van der Waals surface area contributed by atoms with Crippen LogP contribution in [-0.2, 0) is 0 Å². The minimum absolute atomic E-state index is 0.779. The fraction of sp³-hybridized carbons (Fsp3) is 0.750. The van der Waals surface area contributed by atoms with Crippen LogP contribution in [0.1, 0.15) is 19.3 Å². The maximum Gasteiger partial charge on any atom is 0.0436 e. The Morgan fingerprint density at radius 2 is 2.44 bits per heavy atom. The molecule has 0 aromatic carbocycles. The third-order valence-corrected chi connectivity index (χ3v) is 2.91. The van der Waals surface area contributed by atoms with E-state index in [4.69, 9.17) is 11.6 Å². The van der Waals surface area contributed by atoms with Gasteiger partial charge in [-0.3, -0.25) is 0 Å². The van der Waals surface area contributed by atoms with E-state index in [0.717, 1.165) is 17.7 Å². The minimum Gasteiger partial charge on any atom is -0.122 e. The van der Waals surface area contributed by atoms with Crippen LogP contribution in [-0.4, -0.2) is 5.88 Å². The fourth-order valence-electron chi connectivity index (χ4n) is 2.10. The number of hydrogen-bond donors (Lipinski definition) is 0. The first-order valence-electron chi connectivity index (χ1n) is 3.66. The summed E-state index contributed by atoms with van der Waals surface area (Å²) in [7, 11) is 0. The number of alkyl halides is 1. The van der Waals surface area contributed by atoms with Gasteiger partial charge in [0.25, 0.3) is 0 Å². The highest BCUT2D eigenvalue weighted by molar-refractivity contribution is 6.19. The molecule has 0 nitrogen and oxygen atoms in total. The summed E-state index contributed by atoms with van der Waals surface area (Å²) in [6, 6.07) is 0. The van der Waals surface area contributed by atoms with Crippen LogP contribution in [0.3, 0.4) is 0 Å². The average Bonchev–Trinajstić information content (AvgIpc) is 2.45. The Balaban J connectivity index is 2.18. The molecule has 0 aliphatic heterocycles. The zero-order valence-electron chi connectivity index (χ0n) is 5.44. The maximum absolute atomic E-state index is 5.73. The maximum atomic E-state index is 5.73. The predicted octanol–water partition coefficient (Wildman–Crippen LogP) is 2.58. The second kappa shape index (κ2) is 2.02. The summed E-state index contributed by atoms with van der Waals surface area (Å²) in [5.74, 6) is 2.57. The molecule has 2 aliphatic rings. The van der Waals surface area contributed by atoms with Gasteiger partial charge in [0.1, 0.15) is 0 Å². The van der Waals surface area contributed by atoms with Gasteiger partial charge in [0.05, 0.1) is 0 Å². The molecule has 0 N–H and O–H groups in total. The van der Waals surface area contributed by atoms with E-state index in [-0.39, 0.29) is 0 Å². The Morgan fingerprint density at radius 1 is 1.56 bits per heavy atom. The van der Waals surface area contributed by atoms with E-state index in [1.807, 2.05) is 0 Å². The van der Waals surface area contributed by atoms with E-state index < -0.39 is 0 Å². The van der Waals surface area contributed by atoms with Gasteiger partial charge in [0, 0.05) is 5.88 Å². The third-order valence-electron chi connectivity index (χ3n) is 2.60. The van der Waals surface area contributed by atoms with Crippen LogP contribution >= 0.6 is 11.6 Å². The summed E-state index contributed by atoms with van der Waals surface area (Å²) < 4.78 is 0. The van der Waals surface area contributed by atoms with Crippen molar-refractivity contribution in [2.45, 2.75) is 19.3 Å². The van der Waals surface area contributed by atoms with Crippen molar-refractivity contribution in [3.05, 3.63) is 11.6 Å². The number of hydrogen-bond acceptors (Lipinski definition) is 0. The van der Waals surface area contributed by atoms with E-state index in [2.05, 4.69) is 6.08 Å². The lowest BCUT2D eigenvalue weighted by Crippen LogP contribution is -1.97. The molecule has 2 bridgehead atoms. The molecule has 0 heterocycles. The molecule has 50 valence electrons. The summed E-state index contributed by atoms with van der Waals surface area (Å²) in [5, 5.41) is 0. The van der Waals surface area contributed by atoms with Gasteiger partial charge < -0.3 is 0 Å². The van der Waals surface area contributed by atoms with Crippen LogP contribution in [0.2, 0.25) is 0 Å². The highest BCUT2D eigenvalue weighted by Crippen LogP contribution is 2.43. The summed E-state index contributed by atoms with van der Waals surface area (Å²) in [6.45, 7) is 0. The van der Waals surface area contributed by atoms with Gasteiger partial charge in [-0.15, -0.1) is 11.6 Å². The lowest BCUT2D eigenvalue weighted by Gasteiger charge is -2.08. The van der Waals surface area contributed by atoms with E-state index in [0.29, 0.717) is 0 Å². The number of allylic oxidation sites excluding steroid dienone is 2. The van der Waals surface area contributed by atoms with Crippen molar-refractivity contribution in [2.24, 2.45) is 11.8 Å². The van der Waals surface area contributed by atoms with Crippen molar-refractivity contribution in [1.82, 2.24) is 0 Å². The molecule has 2 aliphatic carbocycles. The number of halogens is 1. The Morgan fingerprint density at radius 3 is 2.78 bits per heavy atom. The Hall–Kier alpha value is 0.0300.